The average Bonchev–Trinajstić information content (AvgIpc) is 2.88. The molecule has 0 amide bonds. The zero-order valence-electron chi connectivity index (χ0n) is 7.85. The van der Waals surface area contributed by atoms with E-state index in [-0.39, 0.29) is 5.69 Å². The molecule has 1 aromatic rings. The van der Waals surface area contributed by atoms with E-state index >= 15 is 0 Å². The Balaban J connectivity index is 1.82. The lowest BCUT2D eigenvalue weighted by molar-refractivity contribution is 0.480. The minimum absolute atomic E-state index is 0.191. The number of fused-ring (bicyclic) bond motifs is 1. The number of piperidine rings is 1. The van der Waals surface area contributed by atoms with Crippen LogP contribution in [0.15, 0.2) is 10.9 Å². The molecule has 4 heterocycles. The summed E-state index contributed by atoms with van der Waals surface area (Å²) < 4.78 is 1.79. The topological polar surface area (TPSA) is 38.1 Å². The number of halogens is 1. The summed E-state index contributed by atoms with van der Waals surface area (Å²) in [5.41, 5.74) is 0.132. The Bertz CT molecular complexity index is 571. The van der Waals surface area contributed by atoms with Crippen LogP contribution in [0.25, 0.3) is 0 Å². The molecule has 0 aromatic carbocycles. The molecule has 2 aliphatic carbocycles. The summed E-state index contributed by atoms with van der Waals surface area (Å²) in [6.45, 7) is 1.96. The lowest BCUT2D eigenvalue weighted by Gasteiger charge is -2.18. The fraction of sp³-hybridized carbons (Fsp3) is 0.600. The van der Waals surface area contributed by atoms with E-state index in [1.54, 1.807) is 4.57 Å². The van der Waals surface area contributed by atoms with Crippen molar-refractivity contribution >= 4 is 17.4 Å². The Morgan fingerprint density at radius 1 is 1.53 bits per heavy atom. The van der Waals surface area contributed by atoms with Gasteiger partial charge in [0.05, 0.1) is 12.1 Å². The van der Waals surface area contributed by atoms with Crippen molar-refractivity contribution < 1.29 is 0 Å². The molecule has 1 spiro atoms. The van der Waals surface area contributed by atoms with Gasteiger partial charge >= 0.3 is 5.69 Å². The summed E-state index contributed by atoms with van der Waals surface area (Å²) >= 11 is 5.83. The lowest BCUT2D eigenvalue weighted by Crippen LogP contribution is -2.31. The SMILES string of the molecule is O=c1nc(Cl)cc2n1CC13[C@H]4C(CN21)[C@@H]43. The van der Waals surface area contributed by atoms with Gasteiger partial charge in [-0.3, -0.25) is 4.57 Å². The van der Waals surface area contributed by atoms with Crippen LogP contribution < -0.4 is 10.6 Å². The zero-order chi connectivity index (χ0) is 9.95. The molecule has 15 heavy (non-hydrogen) atoms. The van der Waals surface area contributed by atoms with Gasteiger partial charge in [-0.1, -0.05) is 11.6 Å². The normalized spacial score (nSPS) is 46.2. The van der Waals surface area contributed by atoms with Crippen LogP contribution in [0.1, 0.15) is 0 Å². The maximum absolute atomic E-state index is 11.7. The molecule has 0 unspecified atom stereocenters. The Kier molecular flexibility index (Phi) is 0.829. The first-order valence-corrected chi connectivity index (χ1v) is 5.66. The molecule has 0 N–H and O–H groups in total. The van der Waals surface area contributed by atoms with Crippen LogP contribution in [0.2, 0.25) is 5.15 Å². The van der Waals surface area contributed by atoms with Crippen LogP contribution in [0.3, 0.4) is 0 Å². The highest BCUT2D eigenvalue weighted by atomic mass is 35.5. The number of anilines is 1. The van der Waals surface area contributed by atoms with Crippen molar-refractivity contribution in [2.45, 2.75) is 12.1 Å². The fourth-order valence-electron chi connectivity index (χ4n) is 4.14. The maximum Gasteiger partial charge on any atom is 0.350 e. The van der Waals surface area contributed by atoms with Gasteiger partial charge < -0.3 is 4.90 Å². The molecule has 3 aliphatic heterocycles. The van der Waals surface area contributed by atoms with E-state index in [1.807, 2.05) is 6.07 Å². The minimum atomic E-state index is -0.191. The highest BCUT2D eigenvalue weighted by Gasteiger charge is 2.92. The van der Waals surface area contributed by atoms with Crippen molar-refractivity contribution in [1.82, 2.24) is 9.55 Å². The number of hydrogen-bond donors (Lipinski definition) is 0. The van der Waals surface area contributed by atoms with Gasteiger partial charge in [0.2, 0.25) is 0 Å². The van der Waals surface area contributed by atoms with E-state index in [4.69, 9.17) is 11.6 Å². The van der Waals surface area contributed by atoms with Crippen LogP contribution >= 0.6 is 11.6 Å². The smallest absolute Gasteiger partial charge is 0.349 e. The van der Waals surface area contributed by atoms with E-state index in [0.717, 1.165) is 36.7 Å². The average molecular weight is 222 g/mol. The van der Waals surface area contributed by atoms with E-state index in [2.05, 4.69) is 9.88 Å². The van der Waals surface area contributed by atoms with Crippen molar-refractivity contribution in [3.8, 4) is 0 Å². The number of nitrogens with zero attached hydrogens (tertiary/aromatic N) is 3. The standard InChI is InChI=1S/C10H8ClN3O/c11-5-1-6-13(9(15)12-5)3-10-7-4(8(7)10)2-14(6)10/h1,4,7-8H,2-3H2/t4?,7-,8-,10?/m0/s1. The van der Waals surface area contributed by atoms with Gasteiger partial charge in [0.25, 0.3) is 0 Å². The first kappa shape index (κ1) is 7.28. The minimum Gasteiger partial charge on any atom is -0.349 e. The quantitative estimate of drug-likeness (QED) is 0.594. The molecule has 4 nitrogen and oxygen atoms in total. The van der Waals surface area contributed by atoms with Gasteiger partial charge in [0.15, 0.2) is 0 Å². The summed E-state index contributed by atoms with van der Waals surface area (Å²) in [5, 5.41) is 0.322. The van der Waals surface area contributed by atoms with Crippen LogP contribution in [0, 0.1) is 17.8 Å². The predicted octanol–water partition coefficient (Wildman–Crippen LogP) is 0.345. The molecule has 2 atom stereocenters. The summed E-state index contributed by atoms with van der Waals surface area (Å²) in [4.78, 5) is 17.8. The molecule has 2 saturated carbocycles. The highest BCUT2D eigenvalue weighted by Crippen LogP contribution is 2.85. The molecule has 76 valence electrons. The van der Waals surface area contributed by atoms with Gasteiger partial charge in [-0.2, -0.15) is 4.98 Å². The third kappa shape index (κ3) is 0.536. The summed E-state index contributed by atoms with van der Waals surface area (Å²) in [5.74, 6) is 3.65. The van der Waals surface area contributed by atoms with Crippen molar-refractivity contribution in [2.24, 2.45) is 17.8 Å². The molecule has 0 radical (unpaired) electrons. The molecular formula is C10H8ClN3O. The number of aromatic nitrogens is 2. The number of rotatable bonds is 0. The molecule has 2 bridgehead atoms. The highest BCUT2D eigenvalue weighted by molar-refractivity contribution is 6.29. The molecule has 5 aliphatic rings. The van der Waals surface area contributed by atoms with E-state index in [9.17, 15) is 4.79 Å². The van der Waals surface area contributed by atoms with Crippen molar-refractivity contribution in [2.75, 3.05) is 11.4 Å². The third-order valence-electron chi connectivity index (χ3n) is 4.76. The van der Waals surface area contributed by atoms with Crippen molar-refractivity contribution in [1.29, 1.82) is 0 Å². The zero-order valence-corrected chi connectivity index (χ0v) is 8.61. The van der Waals surface area contributed by atoms with Crippen molar-refractivity contribution in [3.05, 3.63) is 21.7 Å². The van der Waals surface area contributed by atoms with Crippen molar-refractivity contribution in [3.63, 3.8) is 0 Å². The van der Waals surface area contributed by atoms with Crippen LogP contribution in [0.5, 0.6) is 0 Å². The van der Waals surface area contributed by atoms with Gasteiger partial charge in [-0.05, 0) is 17.8 Å². The Morgan fingerprint density at radius 3 is 3.13 bits per heavy atom. The summed E-state index contributed by atoms with van der Waals surface area (Å²) in [7, 11) is 0. The molecule has 1 aromatic heterocycles. The van der Waals surface area contributed by atoms with Gasteiger partial charge in [0.1, 0.15) is 11.0 Å². The molecule has 5 heteroatoms. The first-order chi connectivity index (χ1) is 7.23. The predicted molar refractivity (Wildman–Crippen MR) is 54.1 cm³/mol. The molecule has 6 rings (SSSR count). The monoisotopic (exact) mass is 221 g/mol. The molecular weight excluding hydrogens is 214 g/mol. The summed E-state index contributed by atoms with van der Waals surface area (Å²) in [6, 6.07) is 1.83. The molecule has 2 saturated heterocycles. The second-order valence-corrected chi connectivity index (χ2v) is 5.51. The maximum atomic E-state index is 11.7. The van der Waals surface area contributed by atoms with Crippen LogP contribution in [-0.4, -0.2) is 21.6 Å². The third-order valence-corrected chi connectivity index (χ3v) is 4.95. The number of hydrogen-bond acceptors (Lipinski definition) is 3. The second-order valence-electron chi connectivity index (χ2n) is 5.12. The Morgan fingerprint density at radius 2 is 2.33 bits per heavy atom. The Labute approximate surface area is 90.5 Å². The molecule has 4 fully saturated rings. The fourth-order valence-corrected chi connectivity index (χ4v) is 4.31. The Hall–Kier alpha value is -1.03. The van der Waals surface area contributed by atoms with Crippen LogP contribution in [-0.2, 0) is 6.54 Å². The van der Waals surface area contributed by atoms with Gasteiger partial charge in [0, 0.05) is 12.6 Å². The largest absolute Gasteiger partial charge is 0.350 e. The van der Waals surface area contributed by atoms with E-state index in [0.29, 0.717) is 10.7 Å². The van der Waals surface area contributed by atoms with E-state index in [1.165, 1.54) is 0 Å². The second kappa shape index (κ2) is 1.71. The van der Waals surface area contributed by atoms with Crippen LogP contribution in [0.4, 0.5) is 5.82 Å². The summed E-state index contributed by atoms with van der Waals surface area (Å²) in [6.07, 6.45) is 0. The van der Waals surface area contributed by atoms with Gasteiger partial charge in [-0.25, -0.2) is 4.79 Å². The van der Waals surface area contributed by atoms with E-state index < -0.39 is 0 Å². The first-order valence-electron chi connectivity index (χ1n) is 5.28. The lowest BCUT2D eigenvalue weighted by atomic mass is 10.1. The van der Waals surface area contributed by atoms with Gasteiger partial charge in [-0.15, -0.1) is 0 Å².